The number of benzene rings is 3. The summed E-state index contributed by atoms with van der Waals surface area (Å²) in [6.07, 6.45) is 1.84. The molecule has 0 saturated carbocycles. The Morgan fingerprint density at radius 2 is 1.82 bits per heavy atom. The topological polar surface area (TPSA) is 41.6 Å². The van der Waals surface area contributed by atoms with Gasteiger partial charge in [-0.05, 0) is 67.6 Å². The lowest BCUT2D eigenvalue weighted by Crippen LogP contribution is -2.41. The standard InChI is InChI=1S/C29H32N2O2/c1-20-8-13-25-26(17-29(2,3)33-27(25)16-20)30-28(32)23-11-9-21(10-12-23)18-31-15-14-22-6-4-5-7-24(22)19-31/h4-13,16,26H,14-15,17-19H2,1-3H3,(H,30,32)/t26-/m1/s1. The molecule has 0 radical (unpaired) electrons. The van der Waals surface area contributed by atoms with Crippen LogP contribution in [0.5, 0.6) is 5.75 Å². The summed E-state index contributed by atoms with van der Waals surface area (Å²) in [7, 11) is 0. The van der Waals surface area contributed by atoms with Crippen molar-refractivity contribution in [3.05, 3.63) is 100 Å². The fourth-order valence-electron chi connectivity index (χ4n) is 5.04. The van der Waals surface area contributed by atoms with E-state index >= 15 is 0 Å². The lowest BCUT2D eigenvalue weighted by molar-refractivity contribution is 0.0619. The smallest absolute Gasteiger partial charge is 0.251 e. The molecule has 0 spiro atoms. The van der Waals surface area contributed by atoms with Crippen molar-refractivity contribution in [3.63, 3.8) is 0 Å². The SMILES string of the molecule is Cc1ccc2c(c1)OC(C)(C)C[C@H]2NC(=O)c1ccc(CN2CCc3ccccc3C2)cc1. The van der Waals surface area contributed by atoms with E-state index in [-0.39, 0.29) is 17.6 Å². The number of hydrogen-bond acceptors (Lipinski definition) is 3. The molecule has 1 atom stereocenters. The van der Waals surface area contributed by atoms with Gasteiger partial charge in [-0.25, -0.2) is 0 Å². The Kier molecular flexibility index (Phi) is 5.71. The van der Waals surface area contributed by atoms with E-state index in [4.69, 9.17) is 4.74 Å². The van der Waals surface area contributed by atoms with Crippen LogP contribution in [0.1, 0.15) is 64.5 Å². The van der Waals surface area contributed by atoms with Crippen LogP contribution < -0.4 is 10.1 Å². The van der Waals surface area contributed by atoms with Gasteiger partial charge >= 0.3 is 0 Å². The number of carbonyl (C=O) groups is 1. The summed E-state index contributed by atoms with van der Waals surface area (Å²) in [5.41, 5.74) is 6.71. The van der Waals surface area contributed by atoms with E-state index < -0.39 is 0 Å². The van der Waals surface area contributed by atoms with Crippen molar-refractivity contribution in [2.75, 3.05) is 6.54 Å². The van der Waals surface area contributed by atoms with Crippen LogP contribution in [-0.4, -0.2) is 23.0 Å². The van der Waals surface area contributed by atoms with Crippen molar-refractivity contribution < 1.29 is 9.53 Å². The van der Waals surface area contributed by atoms with Crippen molar-refractivity contribution in [2.24, 2.45) is 0 Å². The van der Waals surface area contributed by atoms with Crippen LogP contribution in [-0.2, 0) is 19.5 Å². The average Bonchev–Trinajstić information content (AvgIpc) is 2.78. The Hall–Kier alpha value is -3.11. The second-order valence-electron chi connectivity index (χ2n) is 10.1. The van der Waals surface area contributed by atoms with Gasteiger partial charge in [-0.15, -0.1) is 0 Å². The van der Waals surface area contributed by atoms with Crippen LogP contribution >= 0.6 is 0 Å². The highest BCUT2D eigenvalue weighted by molar-refractivity contribution is 5.94. The maximum atomic E-state index is 13.1. The predicted molar refractivity (Wildman–Crippen MR) is 131 cm³/mol. The number of aryl methyl sites for hydroxylation is 1. The Labute approximate surface area is 196 Å². The number of carbonyl (C=O) groups excluding carboxylic acids is 1. The number of fused-ring (bicyclic) bond motifs is 2. The van der Waals surface area contributed by atoms with E-state index in [2.05, 4.69) is 85.6 Å². The normalized spacial score (nSPS) is 19.2. The average molecular weight is 441 g/mol. The number of nitrogens with zero attached hydrogens (tertiary/aromatic N) is 1. The molecule has 5 rings (SSSR count). The number of nitrogens with one attached hydrogen (secondary N) is 1. The minimum atomic E-state index is -0.324. The molecule has 33 heavy (non-hydrogen) atoms. The Morgan fingerprint density at radius 3 is 2.61 bits per heavy atom. The summed E-state index contributed by atoms with van der Waals surface area (Å²) in [5.74, 6) is 0.831. The van der Waals surface area contributed by atoms with Gasteiger partial charge in [-0.3, -0.25) is 9.69 Å². The van der Waals surface area contributed by atoms with E-state index in [0.29, 0.717) is 5.56 Å². The molecule has 2 aliphatic rings. The van der Waals surface area contributed by atoms with Crippen LogP contribution in [0.15, 0.2) is 66.7 Å². The molecule has 0 saturated heterocycles. The number of ether oxygens (including phenoxy) is 1. The van der Waals surface area contributed by atoms with Gasteiger partial charge < -0.3 is 10.1 Å². The van der Waals surface area contributed by atoms with Gasteiger partial charge in [0.05, 0.1) is 6.04 Å². The summed E-state index contributed by atoms with van der Waals surface area (Å²) in [5, 5.41) is 3.25. The maximum absolute atomic E-state index is 13.1. The Balaban J connectivity index is 1.25. The molecule has 1 amide bonds. The van der Waals surface area contributed by atoms with E-state index in [9.17, 15) is 4.79 Å². The van der Waals surface area contributed by atoms with Crippen molar-refractivity contribution in [1.82, 2.24) is 10.2 Å². The molecular weight excluding hydrogens is 408 g/mol. The molecule has 0 fully saturated rings. The molecule has 2 aliphatic heterocycles. The van der Waals surface area contributed by atoms with Crippen molar-refractivity contribution in [1.29, 1.82) is 0 Å². The van der Waals surface area contributed by atoms with Gasteiger partial charge in [0.15, 0.2) is 0 Å². The van der Waals surface area contributed by atoms with Gasteiger partial charge in [0.1, 0.15) is 11.4 Å². The van der Waals surface area contributed by atoms with Gasteiger partial charge in [0.25, 0.3) is 5.91 Å². The largest absolute Gasteiger partial charge is 0.487 e. The quantitative estimate of drug-likeness (QED) is 0.575. The summed E-state index contributed by atoms with van der Waals surface area (Å²) in [6.45, 7) is 9.16. The van der Waals surface area contributed by atoms with E-state index in [0.717, 1.165) is 49.4 Å². The van der Waals surface area contributed by atoms with Crippen molar-refractivity contribution in [3.8, 4) is 5.75 Å². The number of rotatable bonds is 4. The molecule has 3 aromatic rings. The van der Waals surface area contributed by atoms with E-state index in [1.807, 2.05) is 12.1 Å². The summed E-state index contributed by atoms with van der Waals surface area (Å²) in [4.78, 5) is 15.5. The highest BCUT2D eigenvalue weighted by atomic mass is 16.5. The monoisotopic (exact) mass is 440 g/mol. The third-order valence-electron chi connectivity index (χ3n) is 6.76. The van der Waals surface area contributed by atoms with Crippen LogP contribution in [0.3, 0.4) is 0 Å². The summed E-state index contributed by atoms with van der Waals surface area (Å²) < 4.78 is 6.17. The van der Waals surface area contributed by atoms with Crippen LogP contribution in [0.2, 0.25) is 0 Å². The van der Waals surface area contributed by atoms with Crippen molar-refractivity contribution in [2.45, 2.75) is 58.3 Å². The first kappa shape index (κ1) is 21.7. The second kappa shape index (κ2) is 8.68. The van der Waals surface area contributed by atoms with E-state index in [1.54, 1.807) is 0 Å². The third-order valence-corrected chi connectivity index (χ3v) is 6.76. The lowest BCUT2D eigenvalue weighted by atomic mass is 9.89. The highest BCUT2D eigenvalue weighted by Crippen LogP contribution is 2.40. The molecule has 170 valence electrons. The van der Waals surface area contributed by atoms with Crippen LogP contribution in [0.25, 0.3) is 0 Å². The number of hydrogen-bond donors (Lipinski definition) is 1. The molecular formula is C29H32N2O2. The summed E-state index contributed by atoms with van der Waals surface area (Å²) >= 11 is 0. The van der Waals surface area contributed by atoms with Gasteiger partial charge in [-0.2, -0.15) is 0 Å². The summed E-state index contributed by atoms with van der Waals surface area (Å²) in [6, 6.07) is 22.9. The first-order valence-electron chi connectivity index (χ1n) is 11.8. The highest BCUT2D eigenvalue weighted by Gasteiger charge is 2.34. The Bertz CT molecular complexity index is 1170. The van der Waals surface area contributed by atoms with Gasteiger partial charge in [-0.1, -0.05) is 48.5 Å². The second-order valence-corrected chi connectivity index (χ2v) is 10.1. The molecule has 0 unspecified atom stereocenters. The molecule has 1 N–H and O–H groups in total. The van der Waals surface area contributed by atoms with Gasteiger partial charge in [0.2, 0.25) is 0 Å². The van der Waals surface area contributed by atoms with Crippen LogP contribution in [0.4, 0.5) is 0 Å². The molecule has 3 aromatic carbocycles. The van der Waals surface area contributed by atoms with Crippen molar-refractivity contribution >= 4 is 5.91 Å². The van der Waals surface area contributed by atoms with Crippen LogP contribution in [0, 0.1) is 6.92 Å². The molecule has 2 heterocycles. The maximum Gasteiger partial charge on any atom is 0.251 e. The first-order valence-corrected chi connectivity index (χ1v) is 11.8. The minimum Gasteiger partial charge on any atom is -0.487 e. The fraction of sp³-hybridized carbons (Fsp3) is 0.345. The molecule has 0 aromatic heterocycles. The zero-order valence-corrected chi connectivity index (χ0v) is 19.7. The molecule has 0 bridgehead atoms. The minimum absolute atomic E-state index is 0.0392. The first-order chi connectivity index (χ1) is 15.9. The fourth-order valence-corrected chi connectivity index (χ4v) is 5.04. The predicted octanol–water partition coefficient (Wildman–Crippen LogP) is 5.59. The Morgan fingerprint density at radius 1 is 1.06 bits per heavy atom. The van der Waals surface area contributed by atoms with E-state index in [1.165, 1.54) is 16.7 Å². The molecule has 4 nitrogen and oxygen atoms in total. The zero-order chi connectivity index (χ0) is 23.0. The zero-order valence-electron chi connectivity index (χ0n) is 19.7. The molecule has 4 heteroatoms. The number of amides is 1. The lowest BCUT2D eigenvalue weighted by Gasteiger charge is -2.38. The molecule has 0 aliphatic carbocycles. The third kappa shape index (κ3) is 4.81. The van der Waals surface area contributed by atoms with Gasteiger partial charge in [0, 0.05) is 37.2 Å².